The van der Waals surface area contributed by atoms with Gasteiger partial charge >= 0.3 is 0 Å². The zero-order chi connectivity index (χ0) is 11.8. The number of benzene rings is 1. The van der Waals surface area contributed by atoms with Gasteiger partial charge in [0.1, 0.15) is 0 Å². The molecular weight excluding hydrogens is 218 g/mol. The van der Waals surface area contributed by atoms with E-state index in [2.05, 4.69) is 15.3 Å². The smallest absolute Gasteiger partial charge is 0.283 e. The highest BCUT2D eigenvalue weighted by atomic mass is 16.1. The molecule has 1 aromatic carbocycles. The zero-order valence-corrected chi connectivity index (χ0v) is 9.11. The largest absolute Gasteiger partial charge is 0.300 e. The number of para-hydroxylation sites is 1. The molecule has 0 aliphatic heterocycles. The molecule has 0 amide bonds. The van der Waals surface area contributed by atoms with E-state index in [-0.39, 0.29) is 11.1 Å². The molecule has 0 radical (unpaired) electrons. The second kappa shape index (κ2) is 3.51. The van der Waals surface area contributed by atoms with Crippen molar-refractivity contribution in [1.29, 1.82) is 0 Å². The van der Waals surface area contributed by atoms with E-state index < -0.39 is 0 Å². The van der Waals surface area contributed by atoms with Gasteiger partial charge in [-0.1, -0.05) is 23.4 Å². The molecule has 0 atom stereocenters. The van der Waals surface area contributed by atoms with Gasteiger partial charge in [0.2, 0.25) is 0 Å². The molecular formula is C11H9N5O. The first-order chi connectivity index (χ1) is 8.27. The third-order valence-electron chi connectivity index (χ3n) is 2.52. The average molecular weight is 227 g/mol. The summed E-state index contributed by atoms with van der Waals surface area (Å²) in [4.78, 5) is 16.0. The first-order valence-corrected chi connectivity index (χ1v) is 5.10. The van der Waals surface area contributed by atoms with E-state index in [0.29, 0.717) is 5.65 Å². The molecule has 0 aliphatic rings. The molecule has 0 aliphatic carbocycles. The number of nitrogens with zero attached hydrogens (tertiary/aromatic N) is 5. The van der Waals surface area contributed by atoms with Crippen molar-refractivity contribution in [3.8, 4) is 5.69 Å². The third-order valence-corrected chi connectivity index (χ3v) is 2.52. The molecule has 0 N–H and O–H groups in total. The van der Waals surface area contributed by atoms with Gasteiger partial charge in [-0.15, -0.1) is 5.10 Å². The Labute approximate surface area is 96.1 Å². The maximum atomic E-state index is 11.8. The molecule has 17 heavy (non-hydrogen) atoms. The van der Waals surface area contributed by atoms with Crippen LogP contribution in [0.2, 0.25) is 0 Å². The average Bonchev–Trinajstić information content (AvgIpc) is 2.79. The fraction of sp³-hybridized carbons (Fsp3) is 0.0909. The second-order valence-corrected chi connectivity index (χ2v) is 3.67. The normalized spacial score (nSPS) is 10.9. The lowest BCUT2D eigenvalue weighted by molar-refractivity contribution is 0.814. The highest BCUT2D eigenvalue weighted by Crippen LogP contribution is 2.10. The molecule has 0 fully saturated rings. The Balaban J connectivity index is 2.34. The van der Waals surface area contributed by atoms with Crippen LogP contribution in [0.4, 0.5) is 0 Å². The molecule has 0 unspecified atom stereocenters. The SMILES string of the molecule is Cn1cnc2c(nnn2-c2ccccc2)c1=O. The van der Waals surface area contributed by atoms with Crippen LogP contribution in [0.1, 0.15) is 0 Å². The summed E-state index contributed by atoms with van der Waals surface area (Å²) in [5, 5.41) is 7.83. The monoisotopic (exact) mass is 227 g/mol. The van der Waals surface area contributed by atoms with Crippen molar-refractivity contribution in [1.82, 2.24) is 24.5 Å². The Morgan fingerprint density at radius 1 is 1.18 bits per heavy atom. The maximum Gasteiger partial charge on any atom is 0.283 e. The van der Waals surface area contributed by atoms with Gasteiger partial charge in [-0.2, -0.15) is 4.68 Å². The van der Waals surface area contributed by atoms with E-state index >= 15 is 0 Å². The van der Waals surface area contributed by atoms with Crippen molar-refractivity contribution in [2.24, 2.45) is 7.05 Å². The molecule has 2 heterocycles. The van der Waals surface area contributed by atoms with Crippen molar-refractivity contribution in [2.45, 2.75) is 0 Å². The summed E-state index contributed by atoms with van der Waals surface area (Å²) < 4.78 is 2.93. The van der Waals surface area contributed by atoms with Crippen LogP contribution in [0.5, 0.6) is 0 Å². The standard InChI is InChI=1S/C11H9N5O/c1-15-7-12-10-9(11(15)17)13-14-16(10)8-5-3-2-4-6-8/h2-7H,1H3. The number of fused-ring (bicyclic) bond motifs is 1. The van der Waals surface area contributed by atoms with Crippen molar-refractivity contribution < 1.29 is 0 Å². The van der Waals surface area contributed by atoms with E-state index in [0.717, 1.165) is 5.69 Å². The molecule has 3 aromatic rings. The Kier molecular flexibility index (Phi) is 2.01. The van der Waals surface area contributed by atoms with E-state index in [1.54, 1.807) is 11.7 Å². The lowest BCUT2D eigenvalue weighted by Crippen LogP contribution is -2.17. The van der Waals surface area contributed by atoms with Crippen LogP contribution in [-0.2, 0) is 7.05 Å². The highest BCUT2D eigenvalue weighted by molar-refractivity contribution is 5.70. The predicted octanol–water partition coefficient (Wildman–Crippen LogP) is 0.514. The summed E-state index contributed by atoms with van der Waals surface area (Å²) in [6.45, 7) is 0. The molecule has 84 valence electrons. The summed E-state index contributed by atoms with van der Waals surface area (Å²) in [6.07, 6.45) is 1.47. The third kappa shape index (κ3) is 1.42. The van der Waals surface area contributed by atoms with Crippen LogP contribution < -0.4 is 5.56 Å². The molecule has 3 rings (SSSR count). The fourth-order valence-corrected chi connectivity index (χ4v) is 1.63. The van der Waals surface area contributed by atoms with Crippen LogP contribution >= 0.6 is 0 Å². The lowest BCUT2D eigenvalue weighted by Gasteiger charge is -2.00. The van der Waals surface area contributed by atoms with Gasteiger partial charge < -0.3 is 4.57 Å². The summed E-state index contributed by atoms with van der Waals surface area (Å²) in [5.41, 5.74) is 1.38. The van der Waals surface area contributed by atoms with Gasteiger partial charge in [0, 0.05) is 7.05 Å². The van der Waals surface area contributed by atoms with E-state index in [4.69, 9.17) is 0 Å². The minimum absolute atomic E-state index is 0.197. The van der Waals surface area contributed by atoms with Crippen molar-refractivity contribution >= 4 is 11.2 Å². The van der Waals surface area contributed by atoms with E-state index in [1.807, 2.05) is 30.3 Å². The minimum atomic E-state index is -0.197. The Hall–Kier alpha value is -2.50. The predicted molar refractivity (Wildman–Crippen MR) is 61.9 cm³/mol. The Morgan fingerprint density at radius 3 is 2.71 bits per heavy atom. The fourth-order valence-electron chi connectivity index (χ4n) is 1.63. The molecule has 0 bridgehead atoms. The molecule has 0 saturated carbocycles. The first-order valence-electron chi connectivity index (χ1n) is 5.10. The van der Waals surface area contributed by atoms with Gasteiger partial charge in [-0.3, -0.25) is 4.79 Å². The number of hydrogen-bond acceptors (Lipinski definition) is 4. The van der Waals surface area contributed by atoms with Crippen LogP contribution in [-0.4, -0.2) is 24.5 Å². The highest BCUT2D eigenvalue weighted by Gasteiger charge is 2.11. The van der Waals surface area contributed by atoms with Gasteiger partial charge in [0.25, 0.3) is 5.56 Å². The van der Waals surface area contributed by atoms with E-state index in [1.165, 1.54) is 10.9 Å². The lowest BCUT2D eigenvalue weighted by atomic mass is 10.3. The Morgan fingerprint density at radius 2 is 1.94 bits per heavy atom. The van der Waals surface area contributed by atoms with E-state index in [9.17, 15) is 4.79 Å². The van der Waals surface area contributed by atoms with Crippen molar-refractivity contribution in [3.63, 3.8) is 0 Å². The number of aryl methyl sites for hydroxylation is 1. The van der Waals surface area contributed by atoms with Gasteiger partial charge in [0.15, 0.2) is 11.2 Å². The minimum Gasteiger partial charge on any atom is -0.300 e. The summed E-state index contributed by atoms with van der Waals surface area (Å²) in [7, 11) is 1.64. The molecule has 2 aromatic heterocycles. The molecule has 6 nitrogen and oxygen atoms in total. The summed E-state index contributed by atoms with van der Waals surface area (Å²) >= 11 is 0. The summed E-state index contributed by atoms with van der Waals surface area (Å²) in [6, 6.07) is 9.46. The van der Waals surface area contributed by atoms with Crippen LogP contribution in [0.25, 0.3) is 16.9 Å². The van der Waals surface area contributed by atoms with Gasteiger partial charge in [-0.25, -0.2) is 4.98 Å². The first kappa shape index (κ1) is 9.71. The topological polar surface area (TPSA) is 65.6 Å². The molecule has 0 spiro atoms. The van der Waals surface area contributed by atoms with Crippen LogP contribution in [0, 0.1) is 0 Å². The van der Waals surface area contributed by atoms with Gasteiger partial charge in [0.05, 0.1) is 12.0 Å². The Bertz CT molecular complexity index is 728. The number of hydrogen-bond donors (Lipinski definition) is 0. The maximum absolute atomic E-state index is 11.8. The second-order valence-electron chi connectivity index (χ2n) is 3.67. The van der Waals surface area contributed by atoms with Crippen molar-refractivity contribution in [3.05, 3.63) is 47.0 Å². The van der Waals surface area contributed by atoms with Crippen LogP contribution in [0.15, 0.2) is 41.5 Å². The molecule has 0 saturated heterocycles. The molecule has 6 heteroatoms. The number of rotatable bonds is 1. The van der Waals surface area contributed by atoms with Crippen molar-refractivity contribution in [2.75, 3.05) is 0 Å². The van der Waals surface area contributed by atoms with Crippen LogP contribution in [0.3, 0.4) is 0 Å². The number of aromatic nitrogens is 5. The quantitative estimate of drug-likeness (QED) is 0.607. The zero-order valence-electron chi connectivity index (χ0n) is 9.11. The van der Waals surface area contributed by atoms with Gasteiger partial charge in [-0.05, 0) is 12.1 Å². The summed E-state index contributed by atoms with van der Waals surface area (Å²) in [5.74, 6) is 0.